The van der Waals surface area contributed by atoms with E-state index in [2.05, 4.69) is 29.3 Å². The van der Waals surface area contributed by atoms with Crippen LogP contribution in [-0.2, 0) is 22.6 Å². The molecule has 164 valence electrons. The van der Waals surface area contributed by atoms with Crippen molar-refractivity contribution in [2.24, 2.45) is 0 Å². The van der Waals surface area contributed by atoms with Crippen molar-refractivity contribution in [1.82, 2.24) is 4.90 Å². The highest BCUT2D eigenvalue weighted by Gasteiger charge is 2.28. The van der Waals surface area contributed by atoms with Crippen molar-refractivity contribution in [2.75, 3.05) is 29.9 Å². The summed E-state index contributed by atoms with van der Waals surface area (Å²) in [5.41, 5.74) is 4.60. The summed E-state index contributed by atoms with van der Waals surface area (Å²) in [6, 6.07) is 12.1. The predicted octanol–water partition coefficient (Wildman–Crippen LogP) is 4.08. The van der Waals surface area contributed by atoms with Gasteiger partial charge in [0.25, 0.3) is 5.91 Å². The van der Waals surface area contributed by atoms with Crippen molar-refractivity contribution < 1.29 is 19.1 Å². The average molecular weight is 424 g/mol. The second-order valence-corrected chi connectivity index (χ2v) is 9.06. The van der Waals surface area contributed by atoms with E-state index in [-0.39, 0.29) is 18.6 Å². The van der Waals surface area contributed by atoms with Gasteiger partial charge in [-0.2, -0.15) is 0 Å². The van der Waals surface area contributed by atoms with Crippen LogP contribution in [0.4, 0.5) is 16.2 Å². The number of hydrogen-bond donors (Lipinski definition) is 1. The highest BCUT2D eigenvalue weighted by molar-refractivity contribution is 5.95. The lowest BCUT2D eigenvalue weighted by atomic mass is 10.0. The molecule has 0 fully saturated rings. The average Bonchev–Trinajstić information content (AvgIpc) is 2.87. The molecule has 0 aliphatic carbocycles. The minimum absolute atomic E-state index is 0.0472. The van der Waals surface area contributed by atoms with Crippen LogP contribution in [0.3, 0.4) is 0 Å². The quantitative estimate of drug-likeness (QED) is 0.788. The Balaban J connectivity index is 1.60. The van der Waals surface area contributed by atoms with Crippen molar-refractivity contribution in [3.63, 3.8) is 0 Å². The SMILES string of the molecule is Cc1cccc2c1CN(C(=O)OC(C)(C)C)CCN2Cc1ccc2c(c1)NC(=O)CO2. The van der Waals surface area contributed by atoms with Crippen molar-refractivity contribution in [3.8, 4) is 5.75 Å². The minimum Gasteiger partial charge on any atom is -0.482 e. The third-order valence-electron chi connectivity index (χ3n) is 5.42. The van der Waals surface area contributed by atoms with Gasteiger partial charge in [-0.1, -0.05) is 18.2 Å². The normalized spacial score (nSPS) is 15.9. The molecule has 2 aromatic carbocycles. The largest absolute Gasteiger partial charge is 0.482 e. The smallest absolute Gasteiger partial charge is 0.410 e. The Labute approximate surface area is 182 Å². The molecule has 2 aliphatic rings. The topological polar surface area (TPSA) is 71.1 Å². The number of ether oxygens (including phenoxy) is 2. The van der Waals surface area contributed by atoms with Gasteiger partial charge in [0, 0.05) is 25.3 Å². The van der Waals surface area contributed by atoms with E-state index in [4.69, 9.17) is 9.47 Å². The molecular weight excluding hydrogens is 394 g/mol. The first-order chi connectivity index (χ1) is 14.7. The Morgan fingerprint density at radius 1 is 1.19 bits per heavy atom. The van der Waals surface area contributed by atoms with E-state index in [0.717, 1.165) is 22.4 Å². The number of aryl methyl sites for hydroxylation is 1. The molecule has 7 nitrogen and oxygen atoms in total. The van der Waals surface area contributed by atoms with Crippen LogP contribution >= 0.6 is 0 Å². The van der Waals surface area contributed by atoms with Gasteiger partial charge in [-0.15, -0.1) is 0 Å². The van der Waals surface area contributed by atoms with Crippen molar-refractivity contribution in [2.45, 2.75) is 46.4 Å². The van der Waals surface area contributed by atoms with Crippen molar-refractivity contribution in [1.29, 1.82) is 0 Å². The maximum atomic E-state index is 12.8. The Hall–Kier alpha value is -3.22. The zero-order chi connectivity index (χ0) is 22.2. The highest BCUT2D eigenvalue weighted by atomic mass is 16.6. The van der Waals surface area contributed by atoms with Crippen LogP contribution in [0.2, 0.25) is 0 Å². The first kappa shape index (κ1) is 21.0. The summed E-state index contributed by atoms with van der Waals surface area (Å²) in [4.78, 5) is 28.5. The molecule has 0 saturated heterocycles. The molecule has 0 unspecified atom stereocenters. The molecule has 2 amide bonds. The lowest BCUT2D eigenvalue weighted by Crippen LogP contribution is -2.39. The molecule has 2 aromatic rings. The van der Waals surface area contributed by atoms with E-state index in [0.29, 0.717) is 37.6 Å². The van der Waals surface area contributed by atoms with Gasteiger partial charge in [-0.05, 0) is 62.6 Å². The Kier molecular flexibility index (Phi) is 5.52. The number of amides is 2. The number of carbonyl (C=O) groups is 2. The van der Waals surface area contributed by atoms with E-state index in [1.165, 1.54) is 0 Å². The van der Waals surface area contributed by atoms with Crippen LogP contribution in [0.15, 0.2) is 36.4 Å². The van der Waals surface area contributed by atoms with E-state index < -0.39 is 5.60 Å². The predicted molar refractivity (Wildman–Crippen MR) is 119 cm³/mol. The molecule has 0 spiro atoms. The van der Waals surface area contributed by atoms with E-state index in [1.54, 1.807) is 4.90 Å². The number of carbonyl (C=O) groups excluding carboxylic acids is 2. The third-order valence-corrected chi connectivity index (χ3v) is 5.42. The number of hydrogen-bond acceptors (Lipinski definition) is 5. The molecule has 2 heterocycles. The zero-order valence-corrected chi connectivity index (χ0v) is 18.5. The van der Waals surface area contributed by atoms with Crippen LogP contribution in [0.5, 0.6) is 5.75 Å². The van der Waals surface area contributed by atoms with Crippen LogP contribution in [0, 0.1) is 6.92 Å². The van der Waals surface area contributed by atoms with Gasteiger partial charge in [-0.25, -0.2) is 4.79 Å². The molecule has 0 radical (unpaired) electrons. The first-order valence-corrected chi connectivity index (χ1v) is 10.6. The number of anilines is 2. The summed E-state index contributed by atoms with van der Waals surface area (Å²) in [5.74, 6) is 0.542. The Bertz CT molecular complexity index is 1010. The molecule has 31 heavy (non-hydrogen) atoms. The summed E-state index contributed by atoms with van der Waals surface area (Å²) in [6.45, 7) is 10.2. The number of nitrogens with one attached hydrogen (secondary N) is 1. The number of fused-ring (bicyclic) bond motifs is 2. The summed E-state index contributed by atoms with van der Waals surface area (Å²) in [6.07, 6.45) is -0.294. The highest BCUT2D eigenvalue weighted by Crippen LogP contribution is 2.32. The maximum absolute atomic E-state index is 12.8. The fourth-order valence-corrected chi connectivity index (χ4v) is 3.92. The van der Waals surface area contributed by atoms with E-state index in [9.17, 15) is 9.59 Å². The van der Waals surface area contributed by atoms with Gasteiger partial charge in [0.1, 0.15) is 11.4 Å². The molecule has 2 aliphatic heterocycles. The van der Waals surface area contributed by atoms with Crippen LogP contribution < -0.4 is 15.0 Å². The third kappa shape index (κ3) is 4.76. The van der Waals surface area contributed by atoms with Gasteiger partial charge >= 0.3 is 6.09 Å². The fraction of sp³-hybridized carbons (Fsp3) is 0.417. The molecule has 0 bridgehead atoms. The maximum Gasteiger partial charge on any atom is 0.410 e. The molecule has 7 heteroatoms. The molecule has 4 rings (SSSR count). The van der Waals surface area contributed by atoms with Crippen LogP contribution in [0.25, 0.3) is 0 Å². The Morgan fingerprint density at radius 3 is 2.77 bits per heavy atom. The van der Waals surface area contributed by atoms with E-state index in [1.807, 2.05) is 45.0 Å². The lowest BCUT2D eigenvalue weighted by molar-refractivity contribution is -0.118. The number of rotatable bonds is 2. The van der Waals surface area contributed by atoms with Crippen LogP contribution in [0.1, 0.15) is 37.5 Å². The molecule has 0 saturated carbocycles. The summed E-state index contributed by atoms with van der Waals surface area (Å²) < 4.78 is 11.1. The first-order valence-electron chi connectivity index (χ1n) is 10.6. The molecule has 1 N–H and O–H groups in total. The molecule has 0 aromatic heterocycles. The molecular formula is C24H29N3O4. The van der Waals surface area contributed by atoms with Gasteiger partial charge in [0.05, 0.1) is 12.2 Å². The van der Waals surface area contributed by atoms with Gasteiger partial charge in [0.2, 0.25) is 0 Å². The van der Waals surface area contributed by atoms with Gasteiger partial charge < -0.3 is 24.6 Å². The van der Waals surface area contributed by atoms with Gasteiger partial charge in [0.15, 0.2) is 6.61 Å². The zero-order valence-electron chi connectivity index (χ0n) is 18.5. The van der Waals surface area contributed by atoms with E-state index >= 15 is 0 Å². The number of nitrogens with zero attached hydrogens (tertiary/aromatic N) is 2. The van der Waals surface area contributed by atoms with Crippen molar-refractivity contribution in [3.05, 3.63) is 53.1 Å². The standard InChI is InChI=1S/C24H29N3O4/c1-16-6-5-7-20-18(16)14-27(23(29)31-24(2,3)4)11-10-26(20)13-17-8-9-21-19(12-17)25-22(28)15-30-21/h5-9,12H,10-11,13-15H2,1-4H3,(H,25,28). The second-order valence-electron chi connectivity index (χ2n) is 9.06. The van der Waals surface area contributed by atoms with Crippen LogP contribution in [-0.4, -0.2) is 42.2 Å². The van der Waals surface area contributed by atoms with Gasteiger partial charge in [-0.3, -0.25) is 4.79 Å². The summed E-state index contributed by atoms with van der Waals surface area (Å²) in [7, 11) is 0. The monoisotopic (exact) mass is 423 g/mol. The lowest BCUT2D eigenvalue weighted by Gasteiger charge is -2.27. The second kappa shape index (κ2) is 8.13. The number of benzene rings is 2. The summed E-state index contributed by atoms with van der Waals surface area (Å²) in [5, 5.41) is 2.87. The minimum atomic E-state index is -0.534. The summed E-state index contributed by atoms with van der Waals surface area (Å²) >= 11 is 0. The Morgan fingerprint density at radius 2 is 2.00 bits per heavy atom. The fourth-order valence-electron chi connectivity index (χ4n) is 3.92. The van der Waals surface area contributed by atoms with Crippen molar-refractivity contribution >= 4 is 23.4 Å². The molecule has 0 atom stereocenters.